The van der Waals surface area contributed by atoms with Crippen LogP contribution in [0, 0.1) is 6.92 Å². The van der Waals surface area contributed by atoms with Crippen LogP contribution >= 0.6 is 0 Å². The van der Waals surface area contributed by atoms with E-state index in [1.54, 1.807) is 49.4 Å². The minimum Gasteiger partial charge on any atom is -0.335 e. The second-order valence-electron chi connectivity index (χ2n) is 3.87. The summed E-state index contributed by atoms with van der Waals surface area (Å²) >= 11 is 0. The predicted octanol–water partition coefficient (Wildman–Crippen LogP) is 1.89. The van der Waals surface area contributed by atoms with Crippen LogP contribution in [-0.4, -0.2) is 16.9 Å². The Hall–Kier alpha value is -2.69. The molecular weight excluding hydrogens is 244 g/mol. The Labute approximate surface area is 110 Å². The zero-order valence-electron chi connectivity index (χ0n) is 10.3. The minimum atomic E-state index is -0.611. The maximum Gasteiger partial charge on any atom is 0.362 e. The van der Waals surface area contributed by atoms with Gasteiger partial charge in [0, 0.05) is 17.5 Å². The van der Waals surface area contributed by atoms with Gasteiger partial charge in [-0.2, -0.15) is 5.48 Å². The van der Waals surface area contributed by atoms with E-state index in [-0.39, 0.29) is 0 Å². The molecule has 0 saturated heterocycles. The van der Waals surface area contributed by atoms with Crippen LogP contribution in [0.15, 0.2) is 48.7 Å². The van der Waals surface area contributed by atoms with Gasteiger partial charge in [-0.25, -0.2) is 4.79 Å². The molecule has 1 aromatic carbocycles. The lowest BCUT2D eigenvalue weighted by Crippen LogP contribution is -2.27. The lowest BCUT2D eigenvalue weighted by Gasteiger charge is -2.05. The summed E-state index contributed by atoms with van der Waals surface area (Å²) in [6.45, 7) is 1.77. The average molecular weight is 256 g/mol. The van der Waals surface area contributed by atoms with Crippen molar-refractivity contribution in [1.82, 2.24) is 10.5 Å². The number of pyridine rings is 1. The van der Waals surface area contributed by atoms with E-state index >= 15 is 0 Å². The largest absolute Gasteiger partial charge is 0.362 e. The first-order chi connectivity index (χ1) is 9.16. The van der Waals surface area contributed by atoms with Crippen LogP contribution in [0.1, 0.15) is 26.4 Å². The summed E-state index contributed by atoms with van der Waals surface area (Å²) in [5, 5.41) is 0. The molecule has 0 unspecified atom stereocenters. The highest BCUT2D eigenvalue weighted by Gasteiger charge is 2.10. The van der Waals surface area contributed by atoms with Crippen LogP contribution in [0.5, 0.6) is 0 Å². The smallest absolute Gasteiger partial charge is 0.335 e. The molecule has 1 N–H and O–H groups in total. The summed E-state index contributed by atoms with van der Waals surface area (Å²) < 4.78 is 0. The molecule has 5 heteroatoms. The quantitative estimate of drug-likeness (QED) is 0.833. The third-order valence-corrected chi connectivity index (χ3v) is 2.40. The molecule has 0 bridgehead atoms. The molecule has 96 valence electrons. The van der Waals surface area contributed by atoms with Crippen molar-refractivity contribution in [3.8, 4) is 0 Å². The van der Waals surface area contributed by atoms with Crippen molar-refractivity contribution in [1.29, 1.82) is 0 Å². The van der Waals surface area contributed by atoms with Gasteiger partial charge >= 0.3 is 5.97 Å². The Balaban J connectivity index is 1.96. The Morgan fingerprint density at radius 3 is 2.53 bits per heavy atom. The third kappa shape index (κ3) is 3.38. The molecular formula is C14H12N2O3. The third-order valence-electron chi connectivity index (χ3n) is 2.40. The van der Waals surface area contributed by atoms with Gasteiger partial charge in [0.2, 0.25) is 0 Å². The van der Waals surface area contributed by atoms with E-state index in [4.69, 9.17) is 4.84 Å². The predicted molar refractivity (Wildman–Crippen MR) is 68.3 cm³/mol. The second kappa shape index (κ2) is 5.77. The van der Waals surface area contributed by atoms with Gasteiger partial charge in [0.05, 0.1) is 5.56 Å². The van der Waals surface area contributed by atoms with E-state index in [1.165, 1.54) is 6.20 Å². The summed E-state index contributed by atoms with van der Waals surface area (Å²) in [7, 11) is 0. The molecule has 0 fully saturated rings. The first kappa shape index (κ1) is 12.8. The Kier molecular flexibility index (Phi) is 3.87. The van der Waals surface area contributed by atoms with Gasteiger partial charge in [0.15, 0.2) is 0 Å². The van der Waals surface area contributed by atoms with Crippen LogP contribution < -0.4 is 5.48 Å². The standard InChI is InChI=1S/C14H12N2O3/c1-10-9-12(7-8-15-10)13(17)16-19-14(18)11-5-3-2-4-6-11/h2-9H,1H3,(H,16,17). The molecule has 1 aromatic heterocycles. The molecule has 2 rings (SSSR count). The summed E-state index contributed by atoms with van der Waals surface area (Å²) in [6, 6.07) is 11.6. The summed E-state index contributed by atoms with van der Waals surface area (Å²) in [4.78, 5) is 32.0. The summed E-state index contributed by atoms with van der Waals surface area (Å²) in [5.74, 6) is -1.10. The molecule has 0 saturated carbocycles. The fourth-order valence-electron chi connectivity index (χ4n) is 1.47. The van der Waals surface area contributed by atoms with Crippen molar-refractivity contribution in [2.24, 2.45) is 0 Å². The van der Waals surface area contributed by atoms with Crippen molar-refractivity contribution in [2.45, 2.75) is 6.92 Å². The highest BCUT2D eigenvalue weighted by molar-refractivity contribution is 5.95. The van der Waals surface area contributed by atoms with Gasteiger partial charge in [-0.1, -0.05) is 18.2 Å². The van der Waals surface area contributed by atoms with Crippen molar-refractivity contribution in [3.05, 3.63) is 65.5 Å². The molecule has 2 aromatic rings. The number of aryl methyl sites for hydroxylation is 1. The SMILES string of the molecule is Cc1cc(C(=O)NOC(=O)c2ccccc2)ccn1. The van der Waals surface area contributed by atoms with E-state index in [1.807, 2.05) is 0 Å². The first-order valence-corrected chi connectivity index (χ1v) is 5.66. The molecule has 1 heterocycles. The van der Waals surface area contributed by atoms with Crippen LogP contribution in [0.3, 0.4) is 0 Å². The number of amides is 1. The number of hydrogen-bond acceptors (Lipinski definition) is 4. The van der Waals surface area contributed by atoms with Crippen molar-refractivity contribution >= 4 is 11.9 Å². The van der Waals surface area contributed by atoms with Crippen LogP contribution in [0.4, 0.5) is 0 Å². The maximum atomic E-state index is 11.7. The van der Waals surface area contributed by atoms with Gasteiger partial charge in [0.1, 0.15) is 0 Å². The molecule has 19 heavy (non-hydrogen) atoms. The number of benzene rings is 1. The molecule has 1 amide bonds. The molecule has 5 nitrogen and oxygen atoms in total. The van der Waals surface area contributed by atoms with Gasteiger partial charge in [-0.3, -0.25) is 9.78 Å². The van der Waals surface area contributed by atoms with E-state index < -0.39 is 11.9 Å². The monoisotopic (exact) mass is 256 g/mol. The van der Waals surface area contributed by atoms with E-state index in [2.05, 4.69) is 10.5 Å². The molecule has 0 aliphatic heterocycles. The maximum absolute atomic E-state index is 11.7. The number of carbonyl (C=O) groups excluding carboxylic acids is 2. The van der Waals surface area contributed by atoms with Crippen molar-refractivity contribution in [2.75, 3.05) is 0 Å². The van der Waals surface area contributed by atoms with E-state index in [9.17, 15) is 9.59 Å². The molecule has 0 aliphatic carbocycles. The Morgan fingerprint density at radius 1 is 1.11 bits per heavy atom. The van der Waals surface area contributed by atoms with Gasteiger partial charge < -0.3 is 4.84 Å². The number of hydrogen-bond donors (Lipinski definition) is 1. The number of rotatable bonds is 2. The normalized spacial score (nSPS) is 9.74. The van der Waals surface area contributed by atoms with Crippen molar-refractivity contribution < 1.29 is 14.4 Å². The molecule has 0 spiro atoms. The van der Waals surface area contributed by atoms with E-state index in [0.29, 0.717) is 16.8 Å². The minimum absolute atomic E-state index is 0.369. The van der Waals surface area contributed by atoms with Crippen molar-refractivity contribution in [3.63, 3.8) is 0 Å². The number of aromatic nitrogens is 1. The highest BCUT2D eigenvalue weighted by Crippen LogP contribution is 2.02. The van der Waals surface area contributed by atoms with Gasteiger partial charge in [-0.05, 0) is 31.2 Å². The number of hydroxylamine groups is 1. The van der Waals surface area contributed by atoms with Gasteiger partial charge in [-0.15, -0.1) is 0 Å². The first-order valence-electron chi connectivity index (χ1n) is 5.66. The van der Waals surface area contributed by atoms with Gasteiger partial charge in [0.25, 0.3) is 5.91 Å². The van der Waals surface area contributed by atoms with Crippen LogP contribution in [0.25, 0.3) is 0 Å². The van der Waals surface area contributed by atoms with Crippen LogP contribution in [0.2, 0.25) is 0 Å². The topological polar surface area (TPSA) is 68.3 Å². The number of nitrogens with zero attached hydrogens (tertiary/aromatic N) is 1. The Bertz CT molecular complexity index is 597. The van der Waals surface area contributed by atoms with E-state index in [0.717, 1.165) is 0 Å². The zero-order chi connectivity index (χ0) is 13.7. The highest BCUT2D eigenvalue weighted by atomic mass is 16.7. The summed E-state index contributed by atoms with van der Waals surface area (Å²) in [6.07, 6.45) is 1.52. The lowest BCUT2D eigenvalue weighted by molar-refractivity contribution is 0.0230. The average Bonchev–Trinajstić information content (AvgIpc) is 2.45. The molecule has 0 atom stereocenters. The lowest BCUT2D eigenvalue weighted by atomic mass is 10.2. The molecule has 0 aliphatic rings. The zero-order valence-corrected chi connectivity index (χ0v) is 10.3. The number of nitrogens with one attached hydrogen (secondary N) is 1. The Morgan fingerprint density at radius 2 is 1.84 bits per heavy atom. The fraction of sp³-hybridized carbons (Fsp3) is 0.0714. The van der Waals surface area contributed by atoms with Crippen LogP contribution in [-0.2, 0) is 4.84 Å². The second-order valence-corrected chi connectivity index (χ2v) is 3.87. The number of carbonyl (C=O) groups is 2. The fourth-order valence-corrected chi connectivity index (χ4v) is 1.47. The molecule has 0 radical (unpaired) electrons. The summed E-state index contributed by atoms with van der Waals surface area (Å²) in [5.41, 5.74) is 3.57.